The number of rotatable bonds is 7. The Bertz CT molecular complexity index is 897. The summed E-state index contributed by atoms with van der Waals surface area (Å²) >= 11 is 0. The number of methoxy groups -OCH3 is 2. The molecule has 3 aromatic rings. The highest BCUT2D eigenvalue weighted by molar-refractivity contribution is 5.66. The summed E-state index contributed by atoms with van der Waals surface area (Å²) in [7, 11) is 3.22. The molecule has 1 heterocycles. The third-order valence-corrected chi connectivity index (χ3v) is 4.06. The zero-order valence-electron chi connectivity index (χ0n) is 15.9. The van der Waals surface area contributed by atoms with Crippen LogP contribution in [0.15, 0.2) is 48.7 Å². The number of aromatic nitrogens is 3. The summed E-state index contributed by atoms with van der Waals surface area (Å²) < 4.78 is 10.6. The van der Waals surface area contributed by atoms with Gasteiger partial charge in [-0.1, -0.05) is 26.0 Å². The molecule has 2 N–H and O–H groups in total. The lowest BCUT2D eigenvalue weighted by Gasteiger charge is -2.12. The van der Waals surface area contributed by atoms with E-state index in [0.29, 0.717) is 29.2 Å². The third-order valence-electron chi connectivity index (χ3n) is 4.06. The lowest BCUT2D eigenvalue weighted by Crippen LogP contribution is -2.03. The van der Waals surface area contributed by atoms with Crippen molar-refractivity contribution in [1.29, 1.82) is 0 Å². The molecule has 0 saturated heterocycles. The van der Waals surface area contributed by atoms with Crippen LogP contribution in [-0.2, 0) is 0 Å². The van der Waals surface area contributed by atoms with E-state index >= 15 is 0 Å². The van der Waals surface area contributed by atoms with Crippen molar-refractivity contribution in [3.63, 3.8) is 0 Å². The molecule has 3 rings (SSSR count). The Kier molecular flexibility index (Phi) is 5.71. The van der Waals surface area contributed by atoms with Gasteiger partial charge in [-0.3, -0.25) is 0 Å². The maximum atomic E-state index is 5.39. The lowest BCUT2D eigenvalue weighted by atomic mass is 10.0. The summed E-state index contributed by atoms with van der Waals surface area (Å²) in [6.07, 6.45) is 1.55. The van der Waals surface area contributed by atoms with Gasteiger partial charge in [0.1, 0.15) is 11.5 Å². The Labute approximate surface area is 158 Å². The fraction of sp³-hybridized carbons (Fsp3) is 0.250. The molecule has 0 aliphatic heterocycles. The molecule has 140 valence electrons. The molecular weight excluding hydrogens is 342 g/mol. The Morgan fingerprint density at radius 1 is 0.926 bits per heavy atom. The van der Waals surface area contributed by atoms with Gasteiger partial charge in [0.25, 0.3) is 0 Å². The van der Waals surface area contributed by atoms with Gasteiger partial charge in [0.2, 0.25) is 5.95 Å². The van der Waals surface area contributed by atoms with Gasteiger partial charge in [-0.05, 0) is 35.7 Å². The van der Waals surface area contributed by atoms with Gasteiger partial charge < -0.3 is 20.1 Å². The van der Waals surface area contributed by atoms with Crippen LogP contribution in [0.1, 0.15) is 25.3 Å². The first-order valence-electron chi connectivity index (χ1n) is 8.65. The highest BCUT2D eigenvalue weighted by atomic mass is 16.5. The normalized spacial score (nSPS) is 10.6. The standard InChI is InChI=1S/C20H23N5O2/c1-13(2)14-5-7-15(8-6-14)22-20-24-19(12-21-25-20)23-17-10-9-16(26-3)11-18(17)27-4/h5-13H,1-4H3,(H2,22,23,24,25). The lowest BCUT2D eigenvalue weighted by molar-refractivity contribution is 0.395. The van der Waals surface area contributed by atoms with Crippen molar-refractivity contribution in [3.05, 3.63) is 54.2 Å². The van der Waals surface area contributed by atoms with Crippen molar-refractivity contribution in [2.24, 2.45) is 0 Å². The molecule has 0 aliphatic rings. The Hall–Kier alpha value is -3.35. The molecule has 0 aliphatic carbocycles. The second-order valence-electron chi connectivity index (χ2n) is 6.26. The van der Waals surface area contributed by atoms with Crippen molar-refractivity contribution in [1.82, 2.24) is 15.2 Å². The van der Waals surface area contributed by atoms with E-state index < -0.39 is 0 Å². The van der Waals surface area contributed by atoms with E-state index in [1.807, 2.05) is 24.3 Å². The number of anilines is 4. The van der Waals surface area contributed by atoms with Crippen molar-refractivity contribution in [2.45, 2.75) is 19.8 Å². The Balaban J connectivity index is 1.76. The molecule has 0 radical (unpaired) electrons. The van der Waals surface area contributed by atoms with Gasteiger partial charge in [-0.2, -0.15) is 10.1 Å². The first-order valence-corrected chi connectivity index (χ1v) is 8.65. The summed E-state index contributed by atoms with van der Waals surface area (Å²) in [6.45, 7) is 4.33. The SMILES string of the molecule is COc1ccc(Nc2cnnc(Nc3ccc(C(C)C)cc3)n2)c(OC)c1. The molecule has 0 saturated carbocycles. The quantitative estimate of drug-likeness (QED) is 0.638. The minimum Gasteiger partial charge on any atom is -0.497 e. The van der Waals surface area contributed by atoms with Crippen molar-refractivity contribution >= 4 is 23.1 Å². The minimum absolute atomic E-state index is 0.407. The summed E-state index contributed by atoms with van der Waals surface area (Å²) in [5.74, 6) is 2.81. The van der Waals surface area contributed by atoms with Gasteiger partial charge in [0, 0.05) is 11.8 Å². The van der Waals surface area contributed by atoms with Gasteiger partial charge in [0.15, 0.2) is 5.82 Å². The number of benzene rings is 2. The van der Waals surface area contributed by atoms with Crippen LogP contribution in [-0.4, -0.2) is 29.4 Å². The molecule has 0 atom stereocenters. The van der Waals surface area contributed by atoms with E-state index in [2.05, 4.69) is 51.8 Å². The van der Waals surface area contributed by atoms with Crippen LogP contribution in [0.2, 0.25) is 0 Å². The molecule has 0 fully saturated rings. The first-order chi connectivity index (χ1) is 13.1. The van der Waals surface area contributed by atoms with E-state index in [1.54, 1.807) is 26.5 Å². The molecule has 7 heteroatoms. The molecule has 0 spiro atoms. The third kappa shape index (κ3) is 4.63. The van der Waals surface area contributed by atoms with Crippen LogP contribution in [0.5, 0.6) is 11.5 Å². The van der Waals surface area contributed by atoms with Gasteiger partial charge >= 0.3 is 0 Å². The van der Waals surface area contributed by atoms with E-state index in [-0.39, 0.29) is 0 Å². The predicted octanol–water partition coefficient (Wildman–Crippen LogP) is 4.50. The zero-order chi connectivity index (χ0) is 19.2. The average Bonchev–Trinajstić information content (AvgIpc) is 2.69. The van der Waals surface area contributed by atoms with Crippen LogP contribution in [0.3, 0.4) is 0 Å². The van der Waals surface area contributed by atoms with Crippen LogP contribution < -0.4 is 20.1 Å². The molecule has 2 aromatic carbocycles. The van der Waals surface area contributed by atoms with E-state index in [0.717, 1.165) is 11.4 Å². The number of hydrogen-bond acceptors (Lipinski definition) is 7. The second-order valence-corrected chi connectivity index (χ2v) is 6.26. The molecule has 0 amide bonds. The summed E-state index contributed by atoms with van der Waals surface area (Å²) in [4.78, 5) is 4.46. The largest absolute Gasteiger partial charge is 0.497 e. The highest BCUT2D eigenvalue weighted by Crippen LogP contribution is 2.31. The molecule has 0 unspecified atom stereocenters. The minimum atomic E-state index is 0.407. The van der Waals surface area contributed by atoms with Crippen molar-refractivity contribution in [2.75, 3.05) is 24.9 Å². The maximum absolute atomic E-state index is 5.39. The number of ether oxygens (including phenoxy) is 2. The van der Waals surface area contributed by atoms with Crippen molar-refractivity contribution < 1.29 is 9.47 Å². The molecule has 0 bridgehead atoms. The molecule has 7 nitrogen and oxygen atoms in total. The topological polar surface area (TPSA) is 81.2 Å². The van der Waals surface area contributed by atoms with Crippen LogP contribution in [0.25, 0.3) is 0 Å². The molecule has 27 heavy (non-hydrogen) atoms. The van der Waals surface area contributed by atoms with Gasteiger partial charge in [-0.25, -0.2) is 0 Å². The van der Waals surface area contributed by atoms with Gasteiger partial charge in [-0.15, -0.1) is 5.10 Å². The highest BCUT2D eigenvalue weighted by Gasteiger charge is 2.08. The van der Waals surface area contributed by atoms with E-state index in [1.165, 1.54) is 5.56 Å². The first kappa shape index (κ1) is 18.4. The predicted molar refractivity (Wildman–Crippen MR) is 106 cm³/mol. The van der Waals surface area contributed by atoms with E-state index in [4.69, 9.17) is 9.47 Å². The van der Waals surface area contributed by atoms with Crippen LogP contribution in [0, 0.1) is 0 Å². The van der Waals surface area contributed by atoms with Crippen LogP contribution in [0.4, 0.5) is 23.1 Å². The van der Waals surface area contributed by atoms with Crippen LogP contribution >= 0.6 is 0 Å². The second kappa shape index (κ2) is 8.35. The number of nitrogens with one attached hydrogen (secondary N) is 2. The molecular formula is C20H23N5O2. The molecule has 1 aromatic heterocycles. The van der Waals surface area contributed by atoms with E-state index in [9.17, 15) is 0 Å². The van der Waals surface area contributed by atoms with Crippen molar-refractivity contribution in [3.8, 4) is 11.5 Å². The van der Waals surface area contributed by atoms with Gasteiger partial charge in [0.05, 0.1) is 26.1 Å². The number of hydrogen-bond donors (Lipinski definition) is 2. The Morgan fingerprint density at radius 3 is 2.37 bits per heavy atom. The Morgan fingerprint density at radius 2 is 1.70 bits per heavy atom. The summed E-state index contributed by atoms with van der Waals surface area (Å²) in [5.41, 5.74) is 2.94. The maximum Gasteiger partial charge on any atom is 0.249 e. The number of nitrogens with zero attached hydrogens (tertiary/aromatic N) is 3. The summed E-state index contributed by atoms with van der Waals surface area (Å²) in [5, 5.41) is 14.4. The average molecular weight is 365 g/mol. The smallest absolute Gasteiger partial charge is 0.249 e. The summed E-state index contributed by atoms with van der Waals surface area (Å²) in [6, 6.07) is 13.7. The fourth-order valence-electron chi connectivity index (χ4n) is 2.54. The fourth-order valence-corrected chi connectivity index (χ4v) is 2.54. The monoisotopic (exact) mass is 365 g/mol. The zero-order valence-corrected chi connectivity index (χ0v) is 15.9.